The molecule has 2 rings (SSSR count). The highest BCUT2D eigenvalue weighted by Crippen LogP contribution is 2.24. The molecule has 0 fully saturated rings. The maximum Gasteiger partial charge on any atom is 0.224 e. The summed E-state index contributed by atoms with van der Waals surface area (Å²) >= 11 is 0. The molecule has 0 spiro atoms. The van der Waals surface area contributed by atoms with E-state index in [4.69, 9.17) is 0 Å². The van der Waals surface area contributed by atoms with E-state index < -0.39 is 0 Å². The summed E-state index contributed by atoms with van der Waals surface area (Å²) in [4.78, 5) is 23.4. The summed E-state index contributed by atoms with van der Waals surface area (Å²) in [6, 6.07) is 5.62. The van der Waals surface area contributed by atoms with Gasteiger partial charge >= 0.3 is 0 Å². The number of hydrogen-bond donors (Lipinski definition) is 1. The summed E-state index contributed by atoms with van der Waals surface area (Å²) in [5.41, 5.74) is 2.73. The van der Waals surface area contributed by atoms with Crippen LogP contribution in [0.25, 0.3) is 0 Å². The van der Waals surface area contributed by atoms with Gasteiger partial charge in [-0.25, -0.2) is 0 Å². The van der Waals surface area contributed by atoms with Gasteiger partial charge in [-0.15, -0.1) is 0 Å². The fourth-order valence-electron chi connectivity index (χ4n) is 2.23. The van der Waals surface area contributed by atoms with Crippen LogP contribution in [0.1, 0.15) is 54.9 Å². The molecule has 18 heavy (non-hydrogen) atoms. The van der Waals surface area contributed by atoms with Gasteiger partial charge in [-0.3, -0.25) is 9.59 Å². The largest absolute Gasteiger partial charge is 0.326 e. The summed E-state index contributed by atoms with van der Waals surface area (Å²) in [5.74, 6) is 0.272. The molecule has 0 aliphatic carbocycles. The fraction of sp³-hybridized carbons (Fsp3) is 0.467. The average Bonchev–Trinajstić information content (AvgIpc) is 2.55. The van der Waals surface area contributed by atoms with Crippen molar-refractivity contribution in [2.45, 2.75) is 45.4 Å². The first-order chi connectivity index (χ1) is 8.70. The van der Waals surface area contributed by atoms with Gasteiger partial charge in [-0.1, -0.05) is 13.3 Å². The molecule has 0 bridgehead atoms. The lowest BCUT2D eigenvalue weighted by Crippen LogP contribution is -2.09. The van der Waals surface area contributed by atoms with E-state index in [1.807, 2.05) is 18.2 Å². The Labute approximate surface area is 108 Å². The van der Waals surface area contributed by atoms with Crippen LogP contribution in [0, 0.1) is 0 Å². The molecule has 0 atom stereocenters. The maximum atomic E-state index is 12.0. The number of aryl methyl sites for hydroxylation is 1. The molecule has 0 unspecified atom stereocenters. The number of carbonyl (C=O) groups is 2. The predicted octanol–water partition coefficient (Wildman–Crippen LogP) is 3.33. The summed E-state index contributed by atoms with van der Waals surface area (Å²) in [6.45, 7) is 2.08. The van der Waals surface area contributed by atoms with Gasteiger partial charge in [0.15, 0.2) is 5.78 Å². The van der Waals surface area contributed by atoms with Crippen molar-refractivity contribution in [1.82, 2.24) is 0 Å². The molecule has 1 aromatic rings. The van der Waals surface area contributed by atoms with Crippen molar-refractivity contribution >= 4 is 17.4 Å². The first kappa shape index (κ1) is 12.8. The molecule has 1 N–H and O–H groups in total. The summed E-state index contributed by atoms with van der Waals surface area (Å²) in [5, 5.41) is 2.88. The molecule has 96 valence electrons. The molecule has 1 heterocycles. The van der Waals surface area contributed by atoms with Gasteiger partial charge in [-0.05, 0) is 43.0 Å². The number of rotatable bonds is 4. The van der Waals surface area contributed by atoms with Gasteiger partial charge in [0.25, 0.3) is 0 Å². The van der Waals surface area contributed by atoms with E-state index in [-0.39, 0.29) is 11.7 Å². The van der Waals surface area contributed by atoms with E-state index in [0.717, 1.165) is 42.5 Å². The minimum Gasteiger partial charge on any atom is -0.326 e. The van der Waals surface area contributed by atoms with Crippen LogP contribution in [0.3, 0.4) is 0 Å². The Morgan fingerprint density at radius 3 is 2.94 bits per heavy atom. The van der Waals surface area contributed by atoms with Crippen LogP contribution >= 0.6 is 0 Å². The third kappa shape index (κ3) is 2.97. The Morgan fingerprint density at radius 2 is 2.17 bits per heavy atom. The lowest BCUT2D eigenvalue weighted by atomic mass is 10.00. The Kier molecular flexibility index (Phi) is 4.13. The lowest BCUT2D eigenvalue weighted by Gasteiger charge is -2.08. The minimum absolute atomic E-state index is 0.0683. The van der Waals surface area contributed by atoms with Crippen molar-refractivity contribution < 1.29 is 9.59 Å². The highest BCUT2D eigenvalue weighted by Gasteiger charge is 2.14. The first-order valence-electron chi connectivity index (χ1n) is 6.66. The zero-order valence-corrected chi connectivity index (χ0v) is 10.8. The first-order valence-corrected chi connectivity index (χ1v) is 6.66. The maximum absolute atomic E-state index is 12.0. The number of carbonyl (C=O) groups excluding carboxylic acids is 2. The van der Waals surface area contributed by atoms with E-state index in [9.17, 15) is 9.59 Å². The average molecular weight is 245 g/mol. The van der Waals surface area contributed by atoms with E-state index in [1.54, 1.807) is 0 Å². The number of Topliss-reactive ketones (excluding diaryl/α,β-unsaturated/α-hetero) is 1. The van der Waals surface area contributed by atoms with Crippen molar-refractivity contribution in [3.63, 3.8) is 0 Å². The molecule has 1 aliphatic heterocycles. The number of anilines is 1. The van der Waals surface area contributed by atoms with Gasteiger partial charge in [0.05, 0.1) is 0 Å². The van der Waals surface area contributed by atoms with Crippen LogP contribution in [0.5, 0.6) is 0 Å². The third-order valence-electron chi connectivity index (χ3n) is 3.31. The molecular formula is C15H19NO2. The van der Waals surface area contributed by atoms with Crippen LogP contribution in [0.15, 0.2) is 18.2 Å². The molecule has 0 aromatic heterocycles. The fourth-order valence-corrected chi connectivity index (χ4v) is 2.23. The van der Waals surface area contributed by atoms with Crippen molar-refractivity contribution in [3.8, 4) is 0 Å². The van der Waals surface area contributed by atoms with Crippen molar-refractivity contribution in [1.29, 1.82) is 0 Å². The van der Waals surface area contributed by atoms with Crippen LogP contribution in [-0.4, -0.2) is 11.7 Å². The highest BCUT2D eigenvalue weighted by atomic mass is 16.1. The quantitative estimate of drug-likeness (QED) is 0.827. The summed E-state index contributed by atoms with van der Waals surface area (Å²) < 4.78 is 0. The third-order valence-corrected chi connectivity index (χ3v) is 3.31. The Morgan fingerprint density at radius 1 is 1.33 bits per heavy atom. The van der Waals surface area contributed by atoms with E-state index in [1.165, 1.54) is 0 Å². The Bertz CT molecular complexity index is 466. The molecule has 3 nitrogen and oxygen atoms in total. The predicted molar refractivity (Wildman–Crippen MR) is 71.9 cm³/mol. The molecule has 0 radical (unpaired) electrons. The SMILES string of the molecule is CCCCC(=O)c1ccc2c(c1)CCCC(=O)N2. The molecule has 0 saturated heterocycles. The van der Waals surface area contributed by atoms with Crippen molar-refractivity contribution in [2.75, 3.05) is 5.32 Å². The van der Waals surface area contributed by atoms with Gasteiger partial charge in [0.1, 0.15) is 0 Å². The number of amides is 1. The molecule has 1 amide bonds. The zero-order valence-electron chi connectivity index (χ0n) is 10.8. The second kappa shape index (κ2) is 5.80. The molecule has 0 saturated carbocycles. The van der Waals surface area contributed by atoms with Crippen molar-refractivity contribution in [2.24, 2.45) is 0 Å². The van der Waals surface area contributed by atoms with Crippen molar-refractivity contribution in [3.05, 3.63) is 29.3 Å². The number of fused-ring (bicyclic) bond motifs is 1. The number of benzene rings is 1. The zero-order chi connectivity index (χ0) is 13.0. The monoisotopic (exact) mass is 245 g/mol. The smallest absolute Gasteiger partial charge is 0.224 e. The standard InChI is InChI=1S/C15H19NO2/c1-2-3-6-14(17)12-8-9-13-11(10-12)5-4-7-15(18)16-13/h8-10H,2-7H2,1H3,(H,16,18). The second-order valence-corrected chi connectivity index (χ2v) is 4.80. The molecule has 3 heteroatoms. The molecular weight excluding hydrogens is 226 g/mol. The number of hydrogen-bond acceptors (Lipinski definition) is 2. The topological polar surface area (TPSA) is 46.2 Å². The molecule has 1 aliphatic rings. The highest BCUT2D eigenvalue weighted by molar-refractivity contribution is 5.98. The van der Waals surface area contributed by atoms with Gasteiger partial charge < -0.3 is 5.32 Å². The summed E-state index contributed by atoms with van der Waals surface area (Å²) in [7, 11) is 0. The normalized spacial score (nSPS) is 14.6. The van der Waals surface area contributed by atoms with Gasteiger partial charge in [-0.2, -0.15) is 0 Å². The van der Waals surface area contributed by atoms with Gasteiger partial charge in [0, 0.05) is 24.1 Å². The Hall–Kier alpha value is -1.64. The Balaban J connectivity index is 2.18. The van der Waals surface area contributed by atoms with E-state index in [0.29, 0.717) is 12.8 Å². The van der Waals surface area contributed by atoms with Crippen LogP contribution in [0.2, 0.25) is 0 Å². The van der Waals surface area contributed by atoms with Gasteiger partial charge in [0.2, 0.25) is 5.91 Å². The number of ketones is 1. The van der Waals surface area contributed by atoms with Crippen LogP contribution in [0.4, 0.5) is 5.69 Å². The lowest BCUT2D eigenvalue weighted by molar-refractivity contribution is -0.116. The minimum atomic E-state index is 0.0683. The van der Waals surface area contributed by atoms with E-state index >= 15 is 0 Å². The van der Waals surface area contributed by atoms with E-state index in [2.05, 4.69) is 12.2 Å². The van der Waals surface area contributed by atoms with Crippen LogP contribution in [-0.2, 0) is 11.2 Å². The second-order valence-electron chi connectivity index (χ2n) is 4.80. The summed E-state index contributed by atoms with van der Waals surface area (Å²) in [6.07, 6.45) is 4.86. The number of unbranched alkanes of at least 4 members (excludes halogenated alkanes) is 1. The molecule has 1 aromatic carbocycles. The van der Waals surface area contributed by atoms with Crippen LogP contribution < -0.4 is 5.32 Å². The number of nitrogens with one attached hydrogen (secondary N) is 1.